The van der Waals surface area contributed by atoms with Crippen LogP contribution in [0, 0.1) is 5.82 Å². The van der Waals surface area contributed by atoms with Gasteiger partial charge in [-0.3, -0.25) is 0 Å². The molecule has 0 aliphatic rings. The molecule has 1 atom stereocenters. The average Bonchev–Trinajstić information content (AvgIpc) is 2.34. The third-order valence-electron chi connectivity index (χ3n) is 3.38. The fourth-order valence-corrected chi connectivity index (χ4v) is 1.83. The first kappa shape index (κ1) is 17.7. The van der Waals surface area contributed by atoms with E-state index >= 15 is 0 Å². The van der Waals surface area contributed by atoms with Gasteiger partial charge in [0.25, 0.3) is 5.60 Å². The Balaban J connectivity index is 3.49. The molecule has 21 heavy (non-hydrogen) atoms. The molecule has 0 saturated carbocycles. The van der Waals surface area contributed by atoms with Gasteiger partial charge in [0.15, 0.2) is 0 Å². The molecule has 1 rings (SSSR count). The summed E-state index contributed by atoms with van der Waals surface area (Å²) >= 11 is 0. The highest BCUT2D eigenvalue weighted by Crippen LogP contribution is 2.50. The molecule has 0 radical (unpaired) electrons. The second-order valence-electron chi connectivity index (χ2n) is 4.75. The predicted molar refractivity (Wildman–Crippen MR) is 61.1 cm³/mol. The highest BCUT2D eigenvalue weighted by molar-refractivity contribution is 5.33. The SMILES string of the molecule is CCC(C)c1ccc(C(O)(C(F)(F)F)C(F)(F)F)c(F)c1. The molecule has 1 aromatic rings. The summed E-state index contributed by atoms with van der Waals surface area (Å²) in [5.41, 5.74) is -6.84. The zero-order valence-electron chi connectivity index (χ0n) is 11.1. The van der Waals surface area contributed by atoms with E-state index in [2.05, 4.69) is 0 Å². The summed E-state index contributed by atoms with van der Waals surface area (Å²) in [6.07, 6.45) is -11.7. The van der Waals surface area contributed by atoms with Crippen LogP contribution in [0.15, 0.2) is 18.2 Å². The van der Waals surface area contributed by atoms with E-state index < -0.39 is 29.3 Å². The van der Waals surface area contributed by atoms with E-state index in [-0.39, 0.29) is 11.5 Å². The van der Waals surface area contributed by atoms with Crippen LogP contribution in [0.4, 0.5) is 30.7 Å². The first-order valence-corrected chi connectivity index (χ1v) is 6.02. The second kappa shape index (κ2) is 5.47. The van der Waals surface area contributed by atoms with Crippen LogP contribution >= 0.6 is 0 Å². The van der Waals surface area contributed by atoms with Crippen molar-refractivity contribution in [1.29, 1.82) is 0 Å². The number of hydrogen-bond donors (Lipinski definition) is 1. The minimum absolute atomic E-state index is 0.238. The van der Waals surface area contributed by atoms with Crippen molar-refractivity contribution in [3.8, 4) is 0 Å². The van der Waals surface area contributed by atoms with Crippen LogP contribution in [0.1, 0.15) is 37.3 Å². The van der Waals surface area contributed by atoms with Crippen molar-refractivity contribution in [2.75, 3.05) is 0 Å². The zero-order chi connectivity index (χ0) is 16.6. The fraction of sp³-hybridized carbons (Fsp3) is 0.538. The van der Waals surface area contributed by atoms with Gasteiger partial charge in [0.05, 0.1) is 0 Å². The molecule has 0 aromatic heterocycles. The van der Waals surface area contributed by atoms with Crippen LogP contribution in [-0.4, -0.2) is 17.5 Å². The Morgan fingerprint density at radius 3 is 1.86 bits per heavy atom. The van der Waals surface area contributed by atoms with Crippen LogP contribution in [0.2, 0.25) is 0 Å². The Morgan fingerprint density at radius 2 is 1.52 bits per heavy atom. The van der Waals surface area contributed by atoms with Crippen molar-refractivity contribution in [2.45, 2.75) is 44.1 Å². The van der Waals surface area contributed by atoms with Gasteiger partial charge >= 0.3 is 12.4 Å². The smallest absolute Gasteiger partial charge is 0.369 e. The Bertz CT molecular complexity index is 490. The number of halogens is 7. The van der Waals surface area contributed by atoms with Gasteiger partial charge in [-0.15, -0.1) is 0 Å². The molecule has 0 aliphatic heterocycles. The fourth-order valence-electron chi connectivity index (χ4n) is 1.83. The van der Waals surface area contributed by atoms with E-state index in [1.54, 1.807) is 13.8 Å². The monoisotopic (exact) mass is 318 g/mol. The van der Waals surface area contributed by atoms with Gasteiger partial charge in [-0.05, 0) is 24.0 Å². The lowest BCUT2D eigenvalue weighted by molar-refractivity contribution is -0.377. The van der Waals surface area contributed by atoms with Crippen LogP contribution in [0.3, 0.4) is 0 Å². The van der Waals surface area contributed by atoms with Gasteiger partial charge in [-0.1, -0.05) is 26.0 Å². The van der Waals surface area contributed by atoms with Crippen molar-refractivity contribution in [3.63, 3.8) is 0 Å². The number of hydrogen-bond acceptors (Lipinski definition) is 1. The Hall–Kier alpha value is -1.31. The van der Waals surface area contributed by atoms with Crippen LogP contribution in [-0.2, 0) is 5.60 Å². The molecule has 0 saturated heterocycles. The first-order chi connectivity index (χ1) is 9.36. The maximum Gasteiger partial charge on any atom is 0.430 e. The normalized spacial score (nSPS) is 15.1. The summed E-state index contributed by atoms with van der Waals surface area (Å²) in [5, 5.41) is 9.13. The maximum atomic E-state index is 13.7. The molecule has 1 aromatic carbocycles. The van der Waals surface area contributed by atoms with Crippen LogP contribution in [0.25, 0.3) is 0 Å². The standard InChI is InChI=1S/C13H13F7O/c1-3-7(2)8-4-5-9(10(14)6-8)11(21,12(15,16)17)13(18,19)20/h4-7,21H,3H2,1-2H3. The van der Waals surface area contributed by atoms with E-state index in [0.717, 1.165) is 6.07 Å². The number of aliphatic hydroxyl groups is 1. The lowest BCUT2D eigenvalue weighted by Gasteiger charge is -2.33. The highest BCUT2D eigenvalue weighted by Gasteiger charge is 2.72. The minimum Gasteiger partial charge on any atom is -0.369 e. The molecular weight excluding hydrogens is 305 g/mol. The van der Waals surface area contributed by atoms with Crippen molar-refractivity contribution < 1.29 is 35.8 Å². The topological polar surface area (TPSA) is 20.2 Å². The van der Waals surface area contributed by atoms with E-state index in [4.69, 9.17) is 5.11 Å². The zero-order valence-corrected chi connectivity index (χ0v) is 11.1. The summed E-state index contributed by atoms with van der Waals surface area (Å²) in [7, 11) is 0. The third kappa shape index (κ3) is 3.00. The molecule has 120 valence electrons. The van der Waals surface area contributed by atoms with Gasteiger partial charge in [-0.25, -0.2) is 4.39 Å². The van der Waals surface area contributed by atoms with Gasteiger partial charge in [0.2, 0.25) is 0 Å². The second-order valence-corrected chi connectivity index (χ2v) is 4.75. The van der Waals surface area contributed by atoms with Gasteiger partial charge in [0, 0.05) is 5.56 Å². The molecule has 0 amide bonds. The Kier molecular flexibility index (Phi) is 4.62. The van der Waals surface area contributed by atoms with Gasteiger partial charge < -0.3 is 5.11 Å². The molecule has 0 bridgehead atoms. The van der Waals surface area contributed by atoms with Gasteiger partial charge in [-0.2, -0.15) is 26.3 Å². The van der Waals surface area contributed by atoms with Crippen LogP contribution < -0.4 is 0 Å². The molecule has 0 aliphatic carbocycles. The largest absolute Gasteiger partial charge is 0.430 e. The van der Waals surface area contributed by atoms with Crippen molar-refractivity contribution in [3.05, 3.63) is 35.1 Å². The predicted octanol–water partition coefficient (Wildman–Crippen LogP) is 4.65. The summed E-state index contributed by atoms with van der Waals surface area (Å²) < 4.78 is 89.7. The first-order valence-electron chi connectivity index (χ1n) is 6.02. The van der Waals surface area contributed by atoms with E-state index in [9.17, 15) is 30.7 Å². The molecule has 8 heteroatoms. The summed E-state index contributed by atoms with van der Waals surface area (Å²) in [6, 6.07) is 1.87. The van der Waals surface area contributed by atoms with Crippen LogP contribution in [0.5, 0.6) is 0 Å². The molecule has 1 nitrogen and oxygen atoms in total. The van der Waals surface area contributed by atoms with E-state index in [1.807, 2.05) is 0 Å². The van der Waals surface area contributed by atoms with Crippen molar-refractivity contribution >= 4 is 0 Å². The molecule has 1 N–H and O–H groups in total. The summed E-state index contributed by atoms with van der Waals surface area (Å²) in [6.45, 7) is 3.38. The number of rotatable bonds is 3. The molecule has 0 heterocycles. The van der Waals surface area contributed by atoms with Crippen molar-refractivity contribution in [1.82, 2.24) is 0 Å². The van der Waals surface area contributed by atoms with E-state index in [0.29, 0.717) is 18.6 Å². The number of benzene rings is 1. The molecule has 0 fully saturated rings. The summed E-state index contributed by atoms with van der Waals surface area (Å²) in [4.78, 5) is 0. The summed E-state index contributed by atoms with van der Waals surface area (Å²) in [5.74, 6) is -1.98. The molecule has 0 spiro atoms. The van der Waals surface area contributed by atoms with E-state index in [1.165, 1.54) is 0 Å². The Morgan fingerprint density at radius 1 is 1.05 bits per heavy atom. The third-order valence-corrected chi connectivity index (χ3v) is 3.38. The maximum absolute atomic E-state index is 13.7. The Labute approximate surface area is 116 Å². The molecule has 1 unspecified atom stereocenters. The highest BCUT2D eigenvalue weighted by atomic mass is 19.4. The lowest BCUT2D eigenvalue weighted by atomic mass is 9.89. The number of alkyl halides is 6. The van der Waals surface area contributed by atoms with Gasteiger partial charge in [0.1, 0.15) is 5.82 Å². The van der Waals surface area contributed by atoms with Crippen molar-refractivity contribution in [2.24, 2.45) is 0 Å². The quantitative estimate of drug-likeness (QED) is 0.804. The molecular formula is C13H13F7O. The minimum atomic E-state index is -6.09. The lowest BCUT2D eigenvalue weighted by Crippen LogP contribution is -2.54. The average molecular weight is 318 g/mol.